The predicted octanol–water partition coefficient (Wildman–Crippen LogP) is 1.57. The summed E-state index contributed by atoms with van der Waals surface area (Å²) in [6.07, 6.45) is 5.23. The molecule has 0 radical (unpaired) electrons. The summed E-state index contributed by atoms with van der Waals surface area (Å²) in [6.45, 7) is 1.61. The summed E-state index contributed by atoms with van der Waals surface area (Å²) in [5.74, 6) is 1.27. The highest BCUT2D eigenvalue weighted by Crippen LogP contribution is 2.26. The third-order valence-electron chi connectivity index (χ3n) is 3.05. The molecule has 1 fully saturated rings. The molecule has 1 saturated heterocycles. The molecule has 5 nitrogen and oxygen atoms in total. The molecule has 2 heterocycles. The smallest absolute Gasteiger partial charge is 0.232 e. The zero-order valence-corrected chi connectivity index (χ0v) is 11.5. The van der Waals surface area contributed by atoms with Gasteiger partial charge in [0.05, 0.1) is 17.8 Å². The van der Waals surface area contributed by atoms with Crippen molar-refractivity contribution in [2.75, 3.05) is 25.1 Å². The van der Waals surface area contributed by atoms with E-state index in [2.05, 4.69) is 30.8 Å². The van der Waals surface area contributed by atoms with Gasteiger partial charge in [0.15, 0.2) is 0 Å². The van der Waals surface area contributed by atoms with Gasteiger partial charge in [0.2, 0.25) is 11.8 Å². The summed E-state index contributed by atoms with van der Waals surface area (Å²) in [5.41, 5.74) is 5.79. The van der Waals surface area contributed by atoms with E-state index in [0.29, 0.717) is 24.4 Å². The van der Waals surface area contributed by atoms with Crippen molar-refractivity contribution in [2.45, 2.75) is 25.3 Å². The van der Waals surface area contributed by atoms with E-state index in [9.17, 15) is 0 Å². The van der Waals surface area contributed by atoms with E-state index in [1.54, 1.807) is 13.3 Å². The molecular weight excluding hydrogens is 284 g/mol. The maximum Gasteiger partial charge on any atom is 0.232 e. The van der Waals surface area contributed by atoms with E-state index < -0.39 is 0 Å². The summed E-state index contributed by atoms with van der Waals surface area (Å²) < 4.78 is 5.96. The van der Waals surface area contributed by atoms with Crippen LogP contribution in [0.15, 0.2) is 10.7 Å². The molecule has 6 heteroatoms. The Morgan fingerprint density at radius 1 is 1.59 bits per heavy atom. The van der Waals surface area contributed by atoms with Crippen molar-refractivity contribution < 1.29 is 4.74 Å². The van der Waals surface area contributed by atoms with Gasteiger partial charge >= 0.3 is 0 Å². The van der Waals surface area contributed by atoms with Crippen LogP contribution in [0.2, 0.25) is 0 Å². The second kappa shape index (κ2) is 5.64. The SMILES string of the molecule is COc1nc(N2CCCCC2CN)ncc1Br. The Kier molecular flexibility index (Phi) is 4.17. The lowest BCUT2D eigenvalue weighted by Crippen LogP contribution is -2.45. The molecule has 0 aliphatic carbocycles. The fourth-order valence-corrected chi connectivity index (χ4v) is 2.49. The Morgan fingerprint density at radius 2 is 2.41 bits per heavy atom. The first-order valence-electron chi connectivity index (χ1n) is 5.79. The van der Waals surface area contributed by atoms with Gasteiger partial charge in [-0.3, -0.25) is 0 Å². The summed E-state index contributed by atoms with van der Waals surface area (Å²) in [4.78, 5) is 10.9. The van der Waals surface area contributed by atoms with Gasteiger partial charge in [-0.05, 0) is 35.2 Å². The summed E-state index contributed by atoms with van der Waals surface area (Å²) in [5, 5.41) is 0. The number of anilines is 1. The first-order valence-corrected chi connectivity index (χ1v) is 6.58. The average Bonchev–Trinajstić information content (AvgIpc) is 2.39. The van der Waals surface area contributed by atoms with Crippen LogP contribution in [-0.4, -0.2) is 36.2 Å². The predicted molar refractivity (Wildman–Crippen MR) is 70.3 cm³/mol. The largest absolute Gasteiger partial charge is 0.480 e. The Bertz CT molecular complexity index is 388. The fourth-order valence-electron chi connectivity index (χ4n) is 2.13. The van der Waals surface area contributed by atoms with Crippen molar-refractivity contribution in [3.05, 3.63) is 10.7 Å². The van der Waals surface area contributed by atoms with Crippen LogP contribution in [0.4, 0.5) is 5.95 Å². The average molecular weight is 301 g/mol. The van der Waals surface area contributed by atoms with Gasteiger partial charge in [0, 0.05) is 19.1 Å². The van der Waals surface area contributed by atoms with E-state index >= 15 is 0 Å². The standard InChI is InChI=1S/C11H17BrN4O/c1-17-10-9(12)7-14-11(15-10)16-5-3-2-4-8(16)6-13/h7-8H,2-6,13H2,1H3. The lowest BCUT2D eigenvalue weighted by atomic mass is 10.0. The zero-order chi connectivity index (χ0) is 12.3. The molecule has 1 unspecified atom stereocenters. The highest BCUT2D eigenvalue weighted by molar-refractivity contribution is 9.10. The molecule has 0 saturated carbocycles. The molecular formula is C11H17BrN4O. The molecule has 1 aliphatic rings. The summed E-state index contributed by atoms with van der Waals surface area (Å²) in [7, 11) is 1.60. The monoisotopic (exact) mass is 300 g/mol. The third-order valence-corrected chi connectivity index (χ3v) is 3.59. The highest BCUT2D eigenvalue weighted by atomic mass is 79.9. The number of hydrogen-bond donors (Lipinski definition) is 1. The molecule has 1 aromatic heterocycles. The number of ether oxygens (including phenoxy) is 1. The maximum atomic E-state index is 5.79. The van der Waals surface area contributed by atoms with Crippen molar-refractivity contribution in [3.8, 4) is 5.88 Å². The third kappa shape index (κ3) is 2.69. The van der Waals surface area contributed by atoms with Crippen LogP contribution < -0.4 is 15.4 Å². The molecule has 0 aromatic carbocycles. The molecule has 1 aromatic rings. The normalized spacial score (nSPS) is 20.4. The second-order valence-corrected chi connectivity index (χ2v) is 4.96. The van der Waals surface area contributed by atoms with Gasteiger partial charge in [-0.2, -0.15) is 4.98 Å². The van der Waals surface area contributed by atoms with Crippen molar-refractivity contribution in [2.24, 2.45) is 5.73 Å². The number of hydrogen-bond acceptors (Lipinski definition) is 5. The second-order valence-electron chi connectivity index (χ2n) is 4.11. The van der Waals surface area contributed by atoms with E-state index in [4.69, 9.17) is 10.5 Å². The van der Waals surface area contributed by atoms with E-state index in [0.717, 1.165) is 23.9 Å². The Morgan fingerprint density at radius 3 is 3.12 bits per heavy atom. The first-order chi connectivity index (χ1) is 8.26. The number of nitrogens with two attached hydrogens (primary N) is 1. The highest BCUT2D eigenvalue weighted by Gasteiger charge is 2.24. The van der Waals surface area contributed by atoms with Crippen molar-refractivity contribution >= 4 is 21.9 Å². The molecule has 0 amide bonds. The first kappa shape index (κ1) is 12.6. The number of nitrogens with zero attached hydrogens (tertiary/aromatic N) is 3. The molecule has 1 aliphatic heterocycles. The van der Waals surface area contributed by atoms with Crippen molar-refractivity contribution in [1.29, 1.82) is 0 Å². The number of piperidine rings is 1. The lowest BCUT2D eigenvalue weighted by Gasteiger charge is -2.35. The van der Waals surface area contributed by atoms with Crippen molar-refractivity contribution in [1.82, 2.24) is 9.97 Å². The van der Waals surface area contributed by atoms with Crippen LogP contribution in [0.5, 0.6) is 5.88 Å². The number of halogens is 1. The minimum absolute atomic E-state index is 0.342. The van der Waals surface area contributed by atoms with Gasteiger partial charge < -0.3 is 15.4 Å². The molecule has 0 bridgehead atoms. The van der Waals surface area contributed by atoms with E-state index in [-0.39, 0.29) is 0 Å². The summed E-state index contributed by atoms with van der Waals surface area (Å²) in [6, 6.07) is 0.342. The Labute approximate surface area is 110 Å². The zero-order valence-electron chi connectivity index (χ0n) is 9.90. The number of methoxy groups -OCH3 is 1. The minimum Gasteiger partial charge on any atom is -0.480 e. The lowest BCUT2D eigenvalue weighted by molar-refractivity contribution is 0.390. The van der Waals surface area contributed by atoms with Gasteiger partial charge in [0.25, 0.3) is 0 Å². The van der Waals surface area contributed by atoms with E-state index in [1.165, 1.54) is 6.42 Å². The Balaban J connectivity index is 2.25. The quantitative estimate of drug-likeness (QED) is 0.918. The van der Waals surface area contributed by atoms with Gasteiger partial charge in [-0.1, -0.05) is 0 Å². The maximum absolute atomic E-state index is 5.79. The van der Waals surface area contributed by atoms with Crippen LogP contribution in [-0.2, 0) is 0 Å². The van der Waals surface area contributed by atoms with Crippen LogP contribution in [0, 0.1) is 0 Å². The molecule has 17 heavy (non-hydrogen) atoms. The Hall–Kier alpha value is -0.880. The van der Waals surface area contributed by atoms with E-state index in [1.807, 2.05) is 0 Å². The van der Waals surface area contributed by atoms with Crippen LogP contribution in [0.3, 0.4) is 0 Å². The van der Waals surface area contributed by atoms with Gasteiger partial charge in [-0.15, -0.1) is 0 Å². The fraction of sp³-hybridized carbons (Fsp3) is 0.636. The topological polar surface area (TPSA) is 64.3 Å². The van der Waals surface area contributed by atoms with Crippen LogP contribution in [0.25, 0.3) is 0 Å². The molecule has 2 N–H and O–H groups in total. The minimum atomic E-state index is 0.342. The van der Waals surface area contributed by atoms with Gasteiger partial charge in [0.1, 0.15) is 0 Å². The molecule has 2 rings (SSSR count). The number of rotatable bonds is 3. The molecule has 1 atom stereocenters. The van der Waals surface area contributed by atoms with Crippen LogP contribution >= 0.6 is 15.9 Å². The number of aromatic nitrogens is 2. The van der Waals surface area contributed by atoms with Crippen LogP contribution in [0.1, 0.15) is 19.3 Å². The molecule has 0 spiro atoms. The molecule has 94 valence electrons. The summed E-state index contributed by atoms with van der Waals surface area (Å²) >= 11 is 3.35. The van der Waals surface area contributed by atoms with Crippen molar-refractivity contribution in [3.63, 3.8) is 0 Å². The van der Waals surface area contributed by atoms with Gasteiger partial charge in [-0.25, -0.2) is 4.98 Å².